The highest BCUT2D eigenvalue weighted by molar-refractivity contribution is 7.07. The number of hydrogen-bond acceptors (Lipinski definition) is 3. The molecule has 0 spiro atoms. The molecule has 1 fully saturated rings. The lowest BCUT2D eigenvalue weighted by Crippen LogP contribution is -2.29. The van der Waals surface area contributed by atoms with Crippen molar-refractivity contribution in [3.05, 3.63) is 45.6 Å². The fraction of sp³-hybridized carbons (Fsp3) is 0.375. The van der Waals surface area contributed by atoms with Crippen LogP contribution in [0.4, 0.5) is 11.4 Å². The predicted molar refractivity (Wildman–Crippen MR) is 89.2 cm³/mol. The Bertz CT molecular complexity index is 548. The van der Waals surface area contributed by atoms with Gasteiger partial charge in [-0.15, -0.1) is 0 Å². The SMILES string of the molecule is Clc1cc(NCc2ccsc2)ccc1N1CCCCC1. The second-order valence-corrected chi connectivity index (χ2v) is 6.39. The summed E-state index contributed by atoms with van der Waals surface area (Å²) in [5, 5.41) is 8.54. The molecule has 0 unspecified atom stereocenters. The van der Waals surface area contributed by atoms with Gasteiger partial charge in [0.15, 0.2) is 0 Å². The van der Waals surface area contributed by atoms with E-state index in [2.05, 4.69) is 39.2 Å². The van der Waals surface area contributed by atoms with Crippen molar-refractivity contribution in [2.45, 2.75) is 25.8 Å². The Balaban J connectivity index is 1.67. The van der Waals surface area contributed by atoms with Gasteiger partial charge in [0.25, 0.3) is 0 Å². The first-order valence-corrected chi connectivity index (χ1v) is 8.44. The largest absolute Gasteiger partial charge is 0.381 e. The van der Waals surface area contributed by atoms with Crippen molar-refractivity contribution in [1.82, 2.24) is 0 Å². The van der Waals surface area contributed by atoms with E-state index in [-0.39, 0.29) is 0 Å². The standard InChI is InChI=1S/C16H19ClN2S/c17-15-10-14(18-11-13-6-9-20-12-13)4-5-16(15)19-7-2-1-3-8-19/h4-6,9-10,12,18H,1-3,7-8,11H2. The van der Waals surface area contributed by atoms with Gasteiger partial charge in [0.1, 0.15) is 0 Å². The molecule has 0 saturated carbocycles. The van der Waals surface area contributed by atoms with E-state index in [1.165, 1.54) is 30.5 Å². The van der Waals surface area contributed by atoms with Crippen LogP contribution < -0.4 is 10.2 Å². The summed E-state index contributed by atoms with van der Waals surface area (Å²) in [6.45, 7) is 3.10. The van der Waals surface area contributed by atoms with Crippen molar-refractivity contribution in [3.63, 3.8) is 0 Å². The number of anilines is 2. The van der Waals surface area contributed by atoms with E-state index in [1.807, 2.05) is 6.07 Å². The molecule has 1 N–H and O–H groups in total. The van der Waals surface area contributed by atoms with Crippen LogP contribution in [0.25, 0.3) is 0 Å². The van der Waals surface area contributed by atoms with Crippen LogP contribution in [0.5, 0.6) is 0 Å². The summed E-state index contributed by atoms with van der Waals surface area (Å²) in [5.41, 5.74) is 3.57. The molecule has 1 aromatic carbocycles. The zero-order chi connectivity index (χ0) is 13.8. The molecule has 1 saturated heterocycles. The summed E-state index contributed by atoms with van der Waals surface area (Å²) < 4.78 is 0. The number of nitrogens with zero attached hydrogens (tertiary/aromatic N) is 1. The molecule has 1 aromatic heterocycles. The van der Waals surface area contributed by atoms with Crippen LogP contribution >= 0.6 is 22.9 Å². The number of thiophene rings is 1. The average Bonchev–Trinajstić information content (AvgIpc) is 2.99. The van der Waals surface area contributed by atoms with Gasteiger partial charge in [0.05, 0.1) is 10.7 Å². The highest BCUT2D eigenvalue weighted by Gasteiger charge is 2.13. The minimum atomic E-state index is 0.849. The number of nitrogens with one attached hydrogen (secondary N) is 1. The molecule has 106 valence electrons. The summed E-state index contributed by atoms with van der Waals surface area (Å²) >= 11 is 8.17. The molecule has 2 nitrogen and oxygen atoms in total. The number of rotatable bonds is 4. The summed E-state index contributed by atoms with van der Waals surface area (Å²) in [4.78, 5) is 2.40. The van der Waals surface area contributed by atoms with Crippen molar-refractivity contribution in [3.8, 4) is 0 Å². The summed E-state index contributed by atoms with van der Waals surface area (Å²) in [6, 6.07) is 8.45. The topological polar surface area (TPSA) is 15.3 Å². The lowest BCUT2D eigenvalue weighted by molar-refractivity contribution is 0.578. The van der Waals surface area contributed by atoms with E-state index < -0.39 is 0 Å². The molecule has 0 atom stereocenters. The highest BCUT2D eigenvalue weighted by Crippen LogP contribution is 2.31. The smallest absolute Gasteiger partial charge is 0.0660 e. The number of halogens is 1. The fourth-order valence-corrected chi connectivity index (χ4v) is 3.57. The lowest BCUT2D eigenvalue weighted by atomic mass is 10.1. The lowest BCUT2D eigenvalue weighted by Gasteiger charge is -2.29. The third-order valence-electron chi connectivity index (χ3n) is 3.72. The Morgan fingerprint density at radius 3 is 2.70 bits per heavy atom. The van der Waals surface area contributed by atoms with E-state index in [1.54, 1.807) is 11.3 Å². The molecular weight excluding hydrogens is 288 g/mol. The molecular formula is C16H19ClN2S. The average molecular weight is 307 g/mol. The Labute approximate surface area is 129 Å². The first-order valence-electron chi connectivity index (χ1n) is 7.12. The third-order valence-corrected chi connectivity index (χ3v) is 4.76. The quantitative estimate of drug-likeness (QED) is 0.854. The number of piperidine rings is 1. The van der Waals surface area contributed by atoms with E-state index in [4.69, 9.17) is 11.6 Å². The van der Waals surface area contributed by atoms with Crippen LogP contribution in [0.15, 0.2) is 35.0 Å². The Kier molecular flexibility index (Phi) is 4.48. The van der Waals surface area contributed by atoms with Gasteiger partial charge in [-0.2, -0.15) is 11.3 Å². The number of hydrogen-bond donors (Lipinski definition) is 1. The molecule has 20 heavy (non-hydrogen) atoms. The molecule has 4 heteroatoms. The zero-order valence-electron chi connectivity index (χ0n) is 11.4. The van der Waals surface area contributed by atoms with Gasteiger partial charge in [-0.1, -0.05) is 11.6 Å². The normalized spacial score (nSPS) is 15.3. The maximum atomic E-state index is 6.44. The first kappa shape index (κ1) is 13.8. The predicted octanol–water partition coefficient (Wildman–Crippen LogP) is 5.00. The second kappa shape index (κ2) is 6.51. The van der Waals surface area contributed by atoms with Gasteiger partial charge in [0, 0.05) is 25.3 Å². The molecule has 0 radical (unpaired) electrons. The van der Waals surface area contributed by atoms with Crippen LogP contribution in [0, 0.1) is 0 Å². The van der Waals surface area contributed by atoms with Gasteiger partial charge in [-0.05, 0) is 59.9 Å². The van der Waals surface area contributed by atoms with Crippen molar-refractivity contribution in [2.75, 3.05) is 23.3 Å². The minimum Gasteiger partial charge on any atom is -0.381 e. The molecule has 1 aliphatic heterocycles. The van der Waals surface area contributed by atoms with E-state index >= 15 is 0 Å². The number of benzene rings is 1. The van der Waals surface area contributed by atoms with Crippen LogP contribution in [-0.4, -0.2) is 13.1 Å². The maximum Gasteiger partial charge on any atom is 0.0660 e. The highest BCUT2D eigenvalue weighted by atomic mass is 35.5. The molecule has 2 aromatic rings. The van der Waals surface area contributed by atoms with Crippen LogP contribution in [0.1, 0.15) is 24.8 Å². The molecule has 2 heterocycles. The van der Waals surface area contributed by atoms with E-state index in [9.17, 15) is 0 Å². The van der Waals surface area contributed by atoms with Crippen LogP contribution in [0.2, 0.25) is 5.02 Å². The van der Waals surface area contributed by atoms with Crippen LogP contribution in [-0.2, 0) is 6.54 Å². The Morgan fingerprint density at radius 1 is 1.15 bits per heavy atom. The Morgan fingerprint density at radius 2 is 2.00 bits per heavy atom. The third kappa shape index (κ3) is 3.28. The molecule has 0 bridgehead atoms. The van der Waals surface area contributed by atoms with Gasteiger partial charge < -0.3 is 10.2 Å². The van der Waals surface area contributed by atoms with Crippen molar-refractivity contribution >= 4 is 34.3 Å². The maximum absolute atomic E-state index is 6.44. The Hall–Kier alpha value is -1.19. The molecule has 0 amide bonds. The molecule has 3 rings (SSSR count). The molecule has 0 aliphatic carbocycles. The first-order chi connectivity index (χ1) is 9.83. The summed E-state index contributed by atoms with van der Waals surface area (Å²) in [6.07, 6.45) is 3.89. The minimum absolute atomic E-state index is 0.849. The summed E-state index contributed by atoms with van der Waals surface area (Å²) in [7, 11) is 0. The summed E-state index contributed by atoms with van der Waals surface area (Å²) in [5.74, 6) is 0. The van der Waals surface area contributed by atoms with E-state index in [0.717, 1.165) is 30.3 Å². The second-order valence-electron chi connectivity index (χ2n) is 5.20. The molecule has 1 aliphatic rings. The van der Waals surface area contributed by atoms with E-state index in [0.29, 0.717) is 0 Å². The van der Waals surface area contributed by atoms with Crippen molar-refractivity contribution in [2.24, 2.45) is 0 Å². The van der Waals surface area contributed by atoms with Crippen molar-refractivity contribution < 1.29 is 0 Å². The van der Waals surface area contributed by atoms with Gasteiger partial charge in [0.2, 0.25) is 0 Å². The van der Waals surface area contributed by atoms with Gasteiger partial charge >= 0.3 is 0 Å². The monoisotopic (exact) mass is 306 g/mol. The van der Waals surface area contributed by atoms with Gasteiger partial charge in [-0.25, -0.2) is 0 Å². The zero-order valence-corrected chi connectivity index (χ0v) is 13.0. The fourth-order valence-electron chi connectivity index (χ4n) is 2.61. The van der Waals surface area contributed by atoms with Gasteiger partial charge in [-0.3, -0.25) is 0 Å². The van der Waals surface area contributed by atoms with Crippen LogP contribution in [0.3, 0.4) is 0 Å². The van der Waals surface area contributed by atoms with Crippen molar-refractivity contribution in [1.29, 1.82) is 0 Å².